The molecular weight excluding hydrogens is 1030 g/mol. The molecule has 0 aromatic carbocycles. The van der Waals surface area contributed by atoms with E-state index in [0.717, 1.165) is 38.5 Å². The fourth-order valence-corrected chi connectivity index (χ4v) is 11.5. The summed E-state index contributed by atoms with van der Waals surface area (Å²) in [6.07, 6.45) is 84.0. The molecule has 0 radical (unpaired) electrons. The van der Waals surface area contributed by atoms with Crippen molar-refractivity contribution < 1.29 is 37.6 Å². The highest BCUT2D eigenvalue weighted by molar-refractivity contribution is 7.47. The molecule has 0 saturated heterocycles. The zero-order chi connectivity index (χ0) is 58.7. The molecule has 0 aromatic rings. The van der Waals surface area contributed by atoms with Crippen molar-refractivity contribution in [3.05, 3.63) is 36.5 Å². The normalized spacial score (nSPS) is 13.1. The van der Waals surface area contributed by atoms with Crippen LogP contribution in [0.2, 0.25) is 0 Å². The van der Waals surface area contributed by atoms with Gasteiger partial charge >= 0.3 is 19.8 Å². The molecule has 0 amide bonds. The van der Waals surface area contributed by atoms with Crippen LogP contribution in [0.3, 0.4) is 0 Å². The third-order valence-corrected chi connectivity index (χ3v) is 17.0. The number of hydrogen-bond acceptors (Lipinski definition) is 8. The van der Waals surface area contributed by atoms with Crippen LogP contribution in [0, 0.1) is 0 Å². The summed E-state index contributed by atoms with van der Waals surface area (Å²) in [6.45, 7) is 3.80. The molecule has 81 heavy (non-hydrogen) atoms. The lowest BCUT2D eigenvalue weighted by Gasteiger charge is -2.19. The molecule has 0 fully saturated rings. The van der Waals surface area contributed by atoms with Crippen LogP contribution < -0.4 is 5.73 Å². The molecule has 0 rings (SSSR count). The SMILES string of the molecule is CCCCCCC/C=C\C/C=C\CCCCCCCCCCCCCCCCCCCCCCCCCCCCCC(=O)OC(COC(=O)CCCCCCCCCCC/C=C\CCCCCCCCCC)COP(=O)(O)OCCN. The third kappa shape index (κ3) is 67.2. The van der Waals surface area contributed by atoms with Gasteiger partial charge in [-0.05, 0) is 70.6 Å². The zero-order valence-electron chi connectivity index (χ0n) is 53.8. The van der Waals surface area contributed by atoms with Crippen LogP contribution in [0.1, 0.15) is 373 Å². The number of carbonyl (C=O) groups excluding carboxylic acids is 2. The van der Waals surface area contributed by atoms with Gasteiger partial charge in [0.05, 0.1) is 13.2 Å². The molecule has 0 aromatic heterocycles. The average Bonchev–Trinajstić information content (AvgIpc) is 3.46. The summed E-state index contributed by atoms with van der Waals surface area (Å²) in [6, 6.07) is 0. The second kappa shape index (κ2) is 67.4. The highest BCUT2D eigenvalue weighted by atomic mass is 31.2. The molecule has 2 atom stereocenters. The van der Waals surface area contributed by atoms with Gasteiger partial charge in [0.1, 0.15) is 6.61 Å². The number of esters is 2. The summed E-state index contributed by atoms with van der Waals surface area (Å²) >= 11 is 0. The summed E-state index contributed by atoms with van der Waals surface area (Å²) in [7, 11) is -4.39. The zero-order valence-corrected chi connectivity index (χ0v) is 54.7. The van der Waals surface area contributed by atoms with Crippen LogP contribution in [0.25, 0.3) is 0 Å². The molecule has 0 heterocycles. The van der Waals surface area contributed by atoms with Gasteiger partial charge in [-0.15, -0.1) is 0 Å². The predicted octanol–water partition coefficient (Wildman–Crippen LogP) is 23.1. The maximum Gasteiger partial charge on any atom is 0.472 e. The Bertz CT molecular complexity index is 1420. The molecule has 0 saturated carbocycles. The van der Waals surface area contributed by atoms with Crippen molar-refractivity contribution >= 4 is 19.8 Å². The van der Waals surface area contributed by atoms with Gasteiger partial charge in [0.25, 0.3) is 0 Å². The number of allylic oxidation sites excluding steroid dienone is 6. The maximum absolute atomic E-state index is 12.8. The van der Waals surface area contributed by atoms with Crippen LogP contribution in [0.5, 0.6) is 0 Å². The Balaban J connectivity index is 3.76. The third-order valence-electron chi connectivity index (χ3n) is 16.0. The van der Waals surface area contributed by atoms with Gasteiger partial charge in [-0.2, -0.15) is 0 Å². The first-order valence-electron chi connectivity index (χ1n) is 35.5. The number of hydrogen-bond donors (Lipinski definition) is 2. The van der Waals surface area contributed by atoms with Crippen LogP contribution in [0.15, 0.2) is 36.5 Å². The van der Waals surface area contributed by atoms with Crippen molar-refractivity contribution in [1.82, 2.24) is 0 Å². The Morgan fingerprint density at radius 1 is 0.370 bits per heavy atom. The Morgan fingerprint density at radius 2 is 0.642 bits per heavy atom. The average molecular weight is 1160 g/mol. The topological polar surface area (TPSA) is 134 Å². The molecule has 0 aliphatic heterocycles. The highest BCUT2D eigenvalue weighted by Crippen LogP contribution is 2.43. The van der Waals surface area contributed by atoms with Crippen molar-refractivity contribution in [1.29, 1.82) is 0 Å². The molecule has 0 bridgehead atoms. The van der Waals surface area contributed by atoms with Gasteiger partial charge in [0, 0.05) is 19.4 Å². The summed E-state index contributed by atoms with van der Waals surface area (Å²) in [5.41, 5.74) is 5.40. The van der Waals surface area contributed by atoms with E-state index in [2.05, 4.69) is 50.3 Å². The van der Waals surface area contributed by atoms with Crippen LogP contribution in [-0.4, -0.2) is 49.3 Å². The Hall–Kier alpha value is -1.77. The minimum Gasteiger partial charge on any atom is -0.462 e. The second-order valence-corrected chi connectivity index (χ2v) is 25.6. The molecule has 0 spiro atoms. The molecule has 2 unspecified atom stereocenters. The van der Waals surface area contributed by atoms with E-state index in [0.29, 0.717) is 6.42 Å². The fraction of sp³-hybridized carbons (Fsp3) is 0.887. The Morgan fingerprint density at radius 3 is 0.951 bits per heavy atom. The van der Waals surface area contributed by atoms with Crippen molar-refractivity contribution in [2.45, 2.75) is 380 Å². The molecule has 478 valence electrons. The first-order chi connectivity index (χ1) is 39.8. The molecule has 0 aliphatic rings. The minimum absolute atomic E-state index is 0.0556. The first kappa shape index (κ1) is 79.2. The number of carbonyl (C=O) groups is 2. The van der Waals surface area contributed by atoms with E-state index in [-0.39, 0.29) is 38.6 Å². The highest BCUT2D eigenvalue weighted by Gasteiger charge is 2.26. The summed E-state index contributed by atoms with van der Waals surface area (Å²) in [5.74, 6) is -0.809. The van der Waals surface area contributed by atoms with Crippen molar-refractivity contribution in [2.75, 3.05) is 26.4 Å². The molecule has 0 aliphatic carbocycles. The van der Waals surface area contributed by atoms with Gasteiger partial charge in [0.15, 0.2) is 6.10 Å². The van der Waals surface area contributed by atoms with E-state index in [1.165, 1.54) is 302 Å². The van der Waals surface area contributed by atoms with Crippen molar-refractivity contribution in [2.24, 2.45) is 5.73 Å². The first-order valence-corrected chi connectivity index (χ1v) is 37.0. The molecule has 9 nitrogen and oxygen atoms in total. The predicted molar refractivity (Wildman–Crippen MR) is 349 cm³/mol. The standard InChI is InChI=1S/C71H136NO8P/c1-3-5-7-9-11-13-15-17-19-21-23-25-26-27-28-29-30-31-32-33-34-35-36-37-38-39-40-41-42-44-46-48-50-52-54-56-58-60-62-64-71(74)80-69(68-79-81(75,76)78-66-65-72)67-77-70(73)63-61-59-57-55-53-51-49-47-45-43-24-22-20-18-16-14-12-10-8-6-4-2/h15,17,21-24,69H,3-14,16,18-20,25-68,72H2,1-2H3,(H,75,76)/b17-15-,23-21-,24-22-. The Kier molecular flexibility index (Phi) is 65.9. The number of phosphoric ester groups is 1. The fourth-order valence-electron chi connectivity index (χ4n) is 10.7. The number of nitrogens with two attached hydrogens (primary N) is 1. The minimum atomic E-state index is -4.39. The van der Waals surface area contributed by atoms with Crippen molar-refractivity contribution in [3.63, 3.8) is 0 Å². The largest absolute Gasteiger partial charge is 0.472 e. The lowest BCUT2D eigenvalue weighted by atomic mass is 10.0. The van der Waals surface area contributed by atoms with Crippen LogP contribution in [0.4, 0.5) is 0 Å². The van der Waals surface area contributed by atoms with E-state index in [1.807, 2.05) is 0 Å². The second-order valence-electron chi connectivity index (χ2n) is 24.1. The molecular formula is C71H136NO8P. The van der Waals surface area contributed by atoms with E-state index >= 15 is 0 Å². The number of phosphoric acid groups is 1. The van der Waals surface area contributed by atoms with Gasteiger partial charge in [0.2, 0.25) is 0 Å². The smallest absolute Gasteiger partial charge is 0.462 e. The van der Waals surface area contributed by atoms with Crippen molar-refractivity contribution in [3.8, 4) is 0 Å². The summed E-state index contributed by atoms with van der Waals surface area (Å²) in [4.78, 5) is 35.3. The van der Waals surface area contributed by atoms with Gasteiger partial charge in [-0.3, -0.25) is 18.6 Å². The quantitative estimate of drug-likeness (QED) is 0.0264. The van der Waals surface area contributed by atoms with Gasteiger partial charge < -0.3 is 20.1 Å². The monoisotopic (exact) mass is 1160 g/mol. The maximum atomic E-state index is 12.8. The van der Waals surface area contributed by atoms with Crippen LogP contribution >= 0.6 is 7.82 Å². The lowest BCUT2D eigenvalue weighted by Crippen LogP contribution is -2.29. The van der Waals surface area contributed by atoms with E-state index in [4.69, 9.17) is 24.3 Å². The van der Waals surface area contributed by atoms with Gasteiger partial charge in [-0.25, -0.2) is 4.57 Å². The number of ether oxygens (including phenoxy) is 2. The van der Waals surface area contributed by atoms with Crippen LogP contribution in [-0.2, 0) is 32.7 Å². The number of unbranched alkanes of at least 4 members (excludes halogenated alkanes) is 49. The molecule has 3 N–H and O–H groups in total. The summed E-state index contributed by atoms with van der Waals surface area (Å²) in [5, 5.41) is 0. The lowest BCUT2D eigenvalue weighted by molar-refractivity contribution is -0.161. The van der Waals surface area contributed by atoms with Gasteiger partial charge in [-0.1, -0.05) is 326 Å². The summed E-state index contributed by atoms with van der Waals surface area (Å²) < 4.78 is 33.2. The number of rotatable bonds is 68. The van der Waals surface area contributed by atoms with E-state index in [9.17, 15) is 19.0 Å². The van der Waals surface area contributed by atoms with E-state index < -0.39 is 26.5 Å². The Labute approximate surface area is 503 Å². The van der Waals surface area contributed by atoms with E-state index in [1.54, 1.807) is 0 Å². The molecule has 10 heteroatoms.